The first kappa shape index (κ1) is 23.3. The summed E-state index contributed by atoms with van der Waals surface area (Å²) in [5.74, 6) is 0. The van der Waals surface area contributed by atoms with Crippen molar-refractivity contribution < 1.29 is 14.0 Å². The van der Waals surface area contributed by atoms with Crippen LogP contribution in [0, 0.1) is 0 Å². The number of benzene rings is 2. The number of amides is 1. The second-order valence-corrected chi connectivity index (χ2v) is 14.4. The molecule has 0 N–H and O–H groups in total. The molecule has 0 radical (unpaired) electrons. The SMILES string of the molecule is CC(C)(C)OC(=O)N1CC=C[C@@H]1CO[Si](c1ccccc1)(c1ccccc1)C(C)(C)C. The van der Waals surface area contributed by atoms with Gasteiger partial charge in [0, 0.05) is 6.54 Å². The Kier molecular flexibility index (Phi) is 6.77. The number of hydrogen-bond acceptors (Lipinski definition) is 3. The molecule has 0 aromatic heterocycles. The van der Waals surface area contributed by atoms with E-state index in [4.69, 9.17) is 9.16 Å². The van der Waals surface area contributed by atoms with Crippen LogP contribution in [-0.4, -0.2) is 44.1 Å². The Morgan fingerprint density at radius 1 is 0.935 bits per heavy atom. The van der Waals surface area contributed by atoms with E-state index in [-0.39, 0.29) is 17.2 Å². The molecular formula is C26H35NO3Si. The fourth-order valence-electron chi connectivity index (χ4n) is 4.22. The summed E-state index contributed by atoms with van der Waals surface area (Å²) < 4.78 is 12.6. The smallest absolute Gasteiger partial charge is 0.411 e. The monoisotopic (exact) mass is 437 g/mol. The van der Waals surface area contributed by atoms with E-state index in [0.717, 1.165) is 0 Å². The second-order valence-electron chi connectivity index (χ2n) is 10.1. The van der Waals surface area contributed by atoms with Crippen molar-refractivity contribution in [3.05, 3.63) is 72.8 Å². The molecule has 0 saturated heterocycles. The molecule has 1 atom stereocenters. The fraction of sp³-hybridized carbons (Fsp3) is 0.423. The molecule has 0 fully saturated rings. The van der Waals surface area contributed by atoms with Gasteiger partial charge in [0.2, 0.25) is 0 Å². The molecule has 1 aliphatic rings. The van der Waals surface area contributed by atoms with Gasteiger partial charge in [0.15, 0.2) is 0 Å². The van der Waals surface area contributed by atoms with E-state index in [2.05, 4.69) is 75.4 Å². The summed E-state index contributed by atoms with van der Waals surface area (Å²) in [5.41, 5.74) is -0.525. The van der Waals surface area contributed by atoms with Gasteiger partial charge in [-0.1, -0.05) is 93.6 Å². The van der Waals surface area contributed by atoms with Crippen LogP contribution in [0.5, 0.6) is 0 Å². The van der Waals surface area contributed by atoms with Gasteiger partial charge in [-0.15, -0.1) is 0 Å². The lowest BCUT2D eigenvalue weighted by atomic mass is 10.2. The summed E-state index contributed by atoms with van der Waals surface area (Å²) >= 11 is 0. The third-order valence-corrected chi connectivity index (χ3v) is 10.6. The van der Waals surface area contributed by atoms with Crippen LogP contribution in [0.15, 0.2) is 72.8 Å². The molecule has 0 bridgehead atoms. The minimum absolute atomic E-state index is 0.102. The van der Waals surface area contributed by atoms with E-state index in [1.54, 1.807) is 4.90 Å². The lowest BCUT2D eigenvalue weighted by Crippen LogP contribution is -2.67. The van der Waals surface area contributed by atoms with Crippen LogP contribution in [0.2, 0.25) is 5.04 Å². The van der Waals surface area contributed by atoms with Crippen LogP contribution in [0.1, 0.15) is 41.5 Å². The van der Waals surface area contributed by atoms with E-state index in [1.807, 2.05) is 39.0 Å². The van der Waals surface area contributed by atoms with Gasteiger partial charge in [-0.2, -0.15) is 0 Å². The predicted molar refractivity (Wildman–Crippen MR) is 129 cm³/mol. The second kappa shape index (κ2) is 9.01. The highest BCUT2D eigenvalue weighted by Gasteiger charge is 2.50. The lowest BCUT2D eigenvalue weighted by Gasteiger charge is -2.44. The highest BCUT2D eigenvalue weighted by molar-refractivity contribution is 6.99. The van der Waals surface area contributed by atoms with Crippen LogP contribution in [0.4, 0.5) is 4.79 Å². The van der Waals surface area contributed by atoms with Crippen LogP contribution >= 0.6 is 0 Å². The molecule has 0 aliphatic carbocycles. The number of rotatable bonds is 5. The van der Waals surface area contributed by atoms with Gasteiger partial charge in [0.1, 0.15) is 5.60 Å². The molecule has 3 rings (SSSR count). The Morgan fingerprint density at radius 3 is 1.90 bits per heavy atom. The lowest BCUT2D eigenvalue weighted by molar-refractivity contribution is 0.0205. The van der Waals surface area contributed by atoms with Crippen molar-refractivity contribution >= 4 is 24.8 Å². The third kappa shape index (κ3) is 5.10. The molecule has 0 unspecified atom stereocenters. The van der Waals surface area contributed by atoms with Crippen molar-refractivity contribution in [3.63, 3.8) is 0 Å². The van der Waals surface area contributed by atoms with Gasteiger partial charge in [0.05, 0.1) is 12.6 Å². The van der Waals surface area contributed by atoms with E-state index >= 15 is 0 Å². The maximum absolute atomic E-state index is 12.8. The number of carbonyl (C=O) groups excluding carboxylic acids is 1. The highest BCUT2D eigenvalue weighted by Crippen LogP contribution is 2.37. The summed E-state index contributed by atoms with van der Waals surface area (Å²) in [6.07, 6.45) is 3.78. The molecular weight excluding hydrogens is 402 g/mol. The first-order valence-corrected chi connectivity index (χ1v) is 12.9. The van der Waals surface area contributed by atoms with E-state index in [1.165, 1.54) is 10.4 Å². The Bertz CT molecular complexity index is 858. The summed E-state index contributed by atoms with van der Waals surface area (Å²) in [6, 6.07) is 21.0. The molecule has 31 heavy (non-hydrogen) atoms. The Labute approximate surface area is 188 Å². The van der Waals surface area contributed by atoms with E-state index < -0.39 is 13.9 Å². The molecule has 5 heteroatoms. The molecule has 2 aromatic carbocycles. The molecule has 0 saturated carbocycles. The number of nitrogens with zero attached hydrogens (tertiary/aromatic N) is 1. The van der Waals surface area contributed by atoms with Crippen LogP contribution in [-0.2, 0) is 9.16 Å². The molecule has 1 aliphatic heterocycles. The molecule has 1 heterocycles. The zero-order valence-corrected chi connectivity index (χ0v) is 20.6. The fourth-order valence-corrected chi connectivity index (χ4v) is 8.79. The van der Waals surface area contributed by atoms with Crippen molar-refractivity contribution in [3.8, 4) is 0 Å². The summed E-state index contributed by atoms with van der Waals surface area (Å²) in [6.45, 7) is 13.4. The Balaban J connectivity index is 1.95. The molecule has 2 aromatic rings. The average molecular weight is 438 g/mol. The van der Waals surface area contributed by atoms with Gasteiger partial charge in [-0.05, 0) is 36.2 Å². The summed E-state index contributed by atoms with van der Waals surface area (Å²) in [5, 5.41) is 2.37. The minimum atomic E-state index is -2.64. The third-order valence-electron chi connectivity index (χ3n) is 5.58. The topological polar surface area (TPSA) is 38.8 Å². The van der Waals surface area contributed by atoms with Crippen molar-refractivity contribution in [2.24, 2.45) is 0 Å². The van der Waals surface area contributed by atoms with Gasteiger partial charge < -0.3 is 9.16 Å². The summed E-state index contributed by atoms with van der Waals surface area (Å²) in [4.78, 5) is 14.5. The van der Waals surface area contributed by atoms with Gasteiger partial charge in [-0.25, -0.2) is 4.79 Å². The van der Waals surface area contributed by atoms with Crippen molar-refractivity contribution in [2.75, 3.05) is 13.2 Å². The molecule has 0 spiro atoms. The van der Waals surface area contributed by atoms with E-state index in [9.17, 15) is 4.79 Å². The van der Waals surface area contributed by atoms with Gasteiger partial charge in [0.25, 0.3) is 8.32 Å². The Hall–Kier alpha value is -2.37. The molecule has 4 nitrogen and oxygen atoms in total. The van der Waals surface area contributed by atoms with Crippen LogP contribution in [0.25, 0.3) is 0 Å². The number of ether oxygens (including phenoxy) is 1. The zero-order valence-electron chi connectivity index (χ0n) is 19.6. The number of hydrogen-bond donors (Lipinski definition) is 0. The highest BCUT2D eigenvalue weighted by atomic mass is 28.4. The van der Waals surface area contributed by atoms with Crippen molar-refractivity contribution in [1.82, 2.24) is 4.90 Å². The van der Waals surface area contributed by atoms with Gasteiger partial charge in [-0.3, -0.25) is 4.90 Å². The maximum atomic E-state index is 12.8. The van der Waals surface area contributed by atoms with Crippen LogP contribution < -0.4 is 10.4 Å². The largest absolute Gasteiger partial charge is 0.444 e. The molecule has 166 valence electrons. The normalized spacial score (nSPS) is 17.1. The van der Waals surface area contributed by atoms with Crippen molar-refractivity contribution in [2.45, 2.75) is 58.2 Å². The minimum Gasteiger partial charge on any atom is -0.444 e. The molecule has 1 amide bonds. The zero-order chi connectivity index (χ0) is 22.7. The average Bonchev–Trinajstić information content (AvgIpc) is 3.17. The quantitative estimate of drug-likeness (QED) is 0.501. The van der Waals surface area contributed by atoms with E-state index in [0.29, 0.717) is 13.2 Å². The first-order valence-electron chi connectivity index (χ1n) is 11.0. The standard InChI is InChI=1S/C26H35NO3Si/c1-25(2,3)30-24(28)27-19-13-14-21(27)20-29-31(26(4,5)6,22-15-9-7-10-16-22)23-17-11-8-12-18-23/h7-18,21H,19-20H2,1-6H3/t21-/m1/s1. The van der Waals surface area contributed by atoms with Crippen molar-refractivity contribution in [1.29, 1.82) is 0 Å². The van der Waals surface area contributed by atoms with Crippen LogP contribution in [0.3, 0.4) is 0 Å². The Morgan fingerprint density at radius 2 is 1.45 bits per heavy atom. The first-order chi connectivity index (χ1) is 14.5. The summed E-state index contributed by atoms with van der Waals surface area (Å²) in [7, 11) is -2.64. The van der Waals surface area contributed by atoms with Gasteiger partial charge >= 0.3 is 6.09 Å². The number of carbonyl (C=O) groups is 1. The predicted octanol–water partition coefficient (Wildman–Crippen LogP) is 4.74. The maximum Gasteiger partial charge on any atom is 0.411 e.